The summed E-state index contributed by atoms with van der Waals surface area (Å²) in [6, 6.07) is 80.5. The predicted octanol–water partition coefficient (Wildman–Crippen LogP) is 14.2. The Morgan fingerprint density at radius 2 is 0.603 bits per heavy atom. The van der Waals surface area contributed by atoms with E-state index in [0.717, 1.165) is 86.6 Å². The molecule has 0 spiro atoms. The third-order valence-electron chi connectivity index (χ3n) is 23.5. The summed E-state index contributed by atoms with van der Waals surface area (Å²) in [4.78, 5) is 147. The highest BCUT2D eigenvalue weighted by atomic mass is 35.5. The fraction of sp³-hybridized carbons (Fsp3) is 0.317. The molecule has 15 rings (SSSR count). The minimum Gasteiger partial charge on any atom is -0.497 e. The summed E-state index contributed by atoms with van der Waals surface area (Å²) in [6.07, 6.45) is 6.97. The van der Waals surface area contributed by atoms with Crippen molar-refractivity contribution in [3.63, 3.8) is 0 Å². The average Bonchev–Trinajstić information content (AvgIpc) is 1.63. The van der Waals surface area contributed by atoms with Gasteiger partial charge in [-0.3, -0.25) is 52.9 Å². The van der Waals surface area contributed by atoms with Gasteiger partial charge in [0.2, 0.25) is 59.1 Å². The van der Waals surface area contributed by atoms with E-state index in [2.05, 4.69) is 17.1 Å². The number of carbonyl (C=O) groups is 10. The number of aromatic nitrogens is 1. The largest absolute Gasteiger partial charge is 0.497 e. The van der Waals surface area contributed by atoms with Crippen molar-refractivity contribution in [2.24, 2.45) is 0 Å². The van der Waals surface area contributed by atoms with Crippen LogP contribution in [0.25, 0.3) is 0 Å². The number of pyridine rings is 1. The van der Waals surface area contributed by atoms with E-state index in [0.29, 0.717) is 43.5 Å². The fourth-order valence-electron chi connectivity index (χ4n) is 17.3. The van der Waals surface area contributed by atoms with Gasteiger partial charge in [0.25, 0.3) is 0 Å². The van der Waals surface area contributed by atoms with Crippen LogP contribution in [0.4, 0.5) is 0 Å². The number of methoxy groups -OCH3 is 3. The molecule has 656 valence electrons. The molecule has 10 amide bonds. The Labute approximate surface area is 743 Å². The highest BCUT2D eigenvalue weighted by molar-refractivity contribution is 6.30. The lowest BCUT2D eigenvalue weighted by Gasteiger charge is -2.30. The number of aryl methyl sites for hydroxylation is 1. The molecule has 10 unspecified atom stereocenters. The second-order valence-electron chi connectivity index (χ2n) is 31.8. The van der Waals surface area contributed by atoms with Crippen molar-refractivity contribution in [3.8, 4) is 17.2 Å². The fourth-order valence-corrected chi connectivity index (χ4v) is 17.4. The molecule has 5 aliphatic rings. The molecule has 5 aliphatic heterocycles. The smallest absolute Gasteiger partial charge is 0.247 e. The molecule has 5 fully saturated rings. The van der Waals surface area contributed by atoms with Gasteiger partial charge in [0.05, 0.1) is 21.3 Å². The molecule has 25 heteroatoms. The average molecular weight is 1720 g/mol. The summed E-state index contributed by atoms with van der Waals surface area (Å²) in [7, 11) is 13.7. The highest BCUT2D eigenvalue weighted by Gasteiger charge is 2.51. The van der Waals surface area contributed by atoms with E-state index in [9.17, 15) is 47.9 Å². The highest BCUT2D eigenvalue weighted by Crippen LogP contribution is 2.41. The van der Waals surface area contributed by atoms with E-state index in [-0.39, 0.29) is 83.7 Å². The molecule has 9 aromatic carbocycles. The van der Waals surface area contributed by atoms with Gasteiger partial charge in [0.15, 0.2) is 0 Å². The third kappa shape index (κ3) is 22.2. The zero-order chi connectivity index (χ0) is 90.4. The summed E-state index contributed by atoms with van der Waals surface area (Å²) in [5, 5.41) is 0.616. The normalized spacial score (nSPS) is 20.0. The van der Waals surface area contributed by atoms with Crippen molar-refractivity contribution in [3.05, 3.63) is 334 Å². The zero-order valence-corrected chi connectivity index (χ0v) is 74.5. The SMILES string of the molecule is CC(=O)N1C(Cc2ccccc2)C(=O)N(C)C1CCc1ccccc1.CC(=O)N1C(Cc2cccnc2)C(=O)N(C)C1c1ccccc1.CCCC(=O)N1C(Cc2ccc(OC)cc2)C(=O)N(C)C1c1ccccc1.COc1ccc(CC2C(=O)N(C)C(c3ccc(Cl)cc3)N2C(C)=O)cc1.COc1ccc(CC2C(=O)N(C)C(c3ccccc3)N2C(C)=O)cc1. The van der Waals surface area contributed by atoms with Crippen LogP contribution in [0.2, 0.25) is 5.02 Å². The Bertz CT molecular complexity index is 5330. The molecule has 0 N–H and O–H groups in total. The number of hydrogen-bond acceptors (Lipinski definition) is 14. The Morgan fingerprint density at radius 1 is 0.325 bits per heavy atom. The Hall–Kier alpha value is -13.5. The number of benzene rings is 9. The monoisotopic (exact) mass is 1720 g/mol. The first kappa shape index (κ1) is 93.2. The minimum absolute atomic E-state index is 0.0163. The second-order valence-corrected chi connectivity index (χ2v) is 32.2. The van der Waals surface area contributed by atoms with E-state index in [1.807, 2.05) is 244 Å². The van der Waals surface area contributed by atoms with Gasteiger partial charge in [-0.05, 0) is 129 Å². The molecule has 0 aliphatic carbocycles. The maximum Gasteiger partial charge on any atom is 0.247 e. The van der Waals surface area contributed by atoms with Gasteiger partial charge in [-0.25, -0.2) is 0 Å². The topological polar surface area (TPSA) is 244 Å². The summed E-state index contributed by atoms with van der Waals surface area (Å²) in [6.45, 7) is 8.06. The number of amides is 10. The van der Waals surface area contributed by atoms with Gasteiger partial charge >= 0.3 is 0 Å². The van der Waals surface area contributed by atoms with E-state index in [1.165, 1.54) is 26.3 Å². The first-order chi connectivity index (χ1) is 60.7. The number of likely N-dealkylation sites (N-methyl/N-ethyl adjacent to an activating group) is 5. The van der Waals surface area contributed by atoms with Gasteiger partial charge in [-0.2, -0.15) is 0 Å². The van der Waals surface area contributed by atoms with Crippen LogP contribution in [0.5, 0.6) is 17.2 Å². The molecule has 126 heavy (non-hydrogen) atoms. The quantitative estimate of drug-likeness (QED) is 0.0613. The lowest BCUT2D eigenvalue weighted by Crippen LogP contribution is -2.43. The molecule has 10 atom stereocenters. The molecule has 5 saturated heterocycles. The maximum absolute atomic E-state index is 13.0. The summed E-state index contributed by atoms with van der Waals surface area (Å²) in [5.41, 5.74) is 9.89. The molecule has 0 saturated carbocycles. The van der Waals surface area contributed by atoms with Crippen LogP contribution in [0.15, 0.2) is 273 Å². The van der Waals surface area contributed by atoms with Crippen molar-refractivity contribution in [1.82, 2.24) is 54.0 Å². The Morgan fingerprint density at radius 3 is 0.921 bits per heavy atom. The van der Waals surface area contributed by atoms with Crippen molar-refractivity contribution in [1.29, 1.82) is 0 Å². The number of halogens is 1. The first-order valence-electron chi connectivity index (χ1n) is 42.2. The van der Waals surface area contributed by atoms with Crippen LogP contribution in [0, 0.1) is 0 Å². The van der Waals surface area contributed by atoms with Crippen molar-refractivity contribution >= 4 is 70.7 Å². The van der Waals surface area contributed by atoms with Crippen LogP contribution in [-0.4, -0.2) is 206 Å². The molecule has 6 heterocycles. The second kappa shape index (κ2) is 43.7. The van der Waals surface area contributed by atoms with Gasteiger partial charge in [0.1, 0.15) is 78.3 Å². The third-order valence-corrected chi connectivity index (χ3v) is 23.8. The summed E-state index contributed by atoms with van der Waals surface area (Å²) in [5.74, 6) is 1.76. The molecule has 1 aromatic heterocycles. The molecule has 0 bridgehead atoms. The number of nitrogens with zero attached hydrogens (tertiary/aromatic N) is 11. The minimum atomic E-state index is -0.536. The van der Waals surface area contributed by atoms with Gasteiger partial charge in [-0.15, -0.1) is 0 Å². The standard InChI is InChI=1S/C22H26N2O3.C21H24N2O2.C20H21ClN2O3.C20H22N2O3.C18H19N3O2/c1-4-8-20(25)24-19(15-16-11-13-18(27-3)14-12-16)22(26)23(2)21(24)17-9-6-5-7-10-17;1-16(24)23-19(15-18-11-7-4-8-12-18)21(25)22(2)20(23)14-13-17-9-5-3-6-10-17;1-13(24)23-18(12-14-4-10-17(26-3)11-5-14)20(25)22(2)19(23)15-6-8-16(21)9-7-15;1-14(23)22-18(13-15-9-11-17(25-3)12-10-15)20(24)21(2)19(22)16-7-5-4-6-8-16;1-13(22)21-16(11-14-7-6-10-19-12-14)18(23)20(2)17(21)15-8-4-3-5-9-15/h5-7,9-14,19,21H,4,8,15H2,1-3H3;3-12,19-20H,13-15H2,1-2H3;4-11,18-19H,12H2,1-3H3;4-12,18-19H,13H2,1-3H3;3-10,12,16-17H,11H2,1-2H3. The summed E-state index contributed by atoms with van der Waals surface area (Å²) < 4.78 is 15.5. The zero-order valence-electron chi connectivity index (χ0n) is 73.7. The van der Waals surface area contributed by atoms with Crippen molar-refractivity contribution < 1.29 is 62.2 Å². The lowest BCUT2D eigenvalue weighted by atomic mass is 10.0. The molecular formula is C101H112ClN11O13. The molecule has 0 radical (unpaired) electrons. The van der Waals surface area contributed by atoms with E-state index in [1.54, 1.807) is 137 Å². The van der Waals surface area contributed by atoms with E-state index in [4.69, 9.17) is 25.8 Å². The number of hydrogen-bond donors (Lipinski definition) is 0. The summed E-state index contributed by atoms with van der Waals surface area (Å²) >= 11 is 5.97. The van der Waals surface area contributed by atoms with Crippen LogP contribution in [0.3, 0.4) is 0 Å². The van der Waals surface area contributed by atoms with Gasteiger partial charge < -0.3 is 63.2 Å². The van der Waals surface area contributed by atoms with E-state index >= 15 is 0 Å². The lowest BCUT2D eigenvalue weighted by molar-refractivity contribution is -0.136. The van der Waals surface area contributed by atoms with Crippen molar-refractivity contribution in [2.45, 2.75) is 153 Å². The maximum atomic E-state index is 13.0. The van der Waals surface area contributed by atoms with Crippen LogP contribution in [0.1, 0.15) is 134 Å². The van der Waals surface area contributed by atoms with E-state index < -0.39 is 36.4 Å². The van der Waals surface area contributed by atoms with Gasteiger partial charge in [-0.1, -0.05) is 225 Å². The molecular weight excluding hydrogens is 1610 g/mol. The van der Waals surface area contributed by atoms with Crippen LogP contribution in [-0.2, 0) is 86.5 Å². The number of carbonyl (C=O) groups excluding carboxylic acids is 10. The Balaban J connectivity index is 0.000000153. The van der Waals surface area contributed by atoms with Gasteiger partial charge in [0, 0.05) is 119 Å². The van der Waals surface area contributed by atoms with Crippen LogP contribution < -0.4 is 14.2 Å². The number of rotatable bonds is 22. The Kier molecular flexibility index (Phi) is 32.3. The van der Waals surface area contributed by atoms with Crippen LogP contribution >= 0.6 is 11.6 Å². The van der Waals surface area contributed by atoms with Crippen molar-refractivity contribution in [2.75, 3.05) is 56.6 Å². The number of ether oxygens (including phenoxy) is 3. The molecule has 10 aromatic rings. The molecule has 24 nitrogen and oxygen atoms in total. The first-order valence-corrected chi connectivity index (χ1v) is 42.6. The predicted molar refractivity (Wildman–Crippen MR) is 483 cm³/mol.